The molecule has 23 heavy (non-hydrogen) atoms. The summed E-state index contributed by atoms with van der Waals surface area (Å²) in [6.45, 7) is 0. The van der Waals surface area contributed by atoms with Gasteiger partial charge in [-0.25, -0.2) is 12.8 Å². The van der Waals surface area contributed by atoms with Gasteiger partial charge < -0.3 is 5.73 Å². The van der Waals surface area contributed by atoms with E-state index in [2.05, 4.69) is 26.2 Å². The van der Waals surface area contributed by atoms with Gasteiger partial charge in [-0.2, -0.15) is 4.68 Å². The maximum Gasteiger partial charge on any atom is 0.229 e. The fraction of sp³-hybridized carbons (Fsp3) is 0. The van der Waals surface area contributed by atoms with E-state index in [1.807, 2.05) is 0 Å². The summed E-state index contributed by atoms with van der Waals surface area (Å²) in [5.74, 6) is -0.838. The molecule has 0 unspecified atom stereocenters. The molecule has 1 heterocycles. The molecule has 6 nitrogen and oxygen atoms in total. The van der Waals surface area contributed by atoms with Crippen molar-refractivity contribution < 1.29 is 12.8 Å². The monoisotopic (exact) mass is 396 g/mol. The smallest absolute Gasteiger partial charge is 0.229 e. The average Bonchev–Trinajstić information content (AvgIpc) is 2.90. The van der Waals surface area contributed by atoms with Crippen molar-refractivity contribution >= 4 is 31.6 Å². The third kappa shape index (κ3) is 2.73. The van der Waals surface area contributed by atoms with Gasteiger partial charge >= 0.3 is 0 Å². The second-order valence-corrected chi connectivity index (χ2v) is 7.38. The van der Waals surface area contributed by atoms with Crippen LogP contribution in [0.2, 0.25) is 0 Å². The van der Waals surface area contributed by atoms with E-state index in [0.29, 0.717) is 0 Å². The number of halogens is 2. The first-order chi connectivity index (χ1) is 10.9. The third-order valence-electron chi connectivity index (χ3n) is 3.13. The van der Waals surface area contributed by atoms with Crippen molar-refractivity contribution in [2.24, 2.45) is 0 Å². The van der Waals surface area contributed by atoms with Crippen LogP contribution in [0, 0.1) is 5.82 Å². The molecule has 118 valence electrons. The maximum atomic E-state index is 13.8. The Labute approximate surface area is 139 Å². The van der Waals surface area contributed by atoms with Crippen LogP contribution in [0.4, 0.5) is 10.2 Å². The quantitative estimate of drug-likeness (QED) is 0.734. The molecule has 0 radical (unpaired) electrons. The molecule has 0 saturated carbocycles. The Kier molecular flexibility index (Phi) is 3.90. The minimum absolute atomic E-state index is 0.0213. The fourth-order valence-corrected chi connectivity index (χ4v) is 3.48. The van der Waals surface area contributed by atoms with Gasteiger partial charge in [-0.1, -0.05) is 33.3 Å². The van der Waals surface area contributed by atoms with Gasteiger partial charge in [0.2, 0.25) is 14.9 Å². The fourth-order valence-electron chi connectivity index (χ4n) is 1.99. The first kappa shape index (κ1) is 15.6. The van der Waals surface area contributed by atoms with Crippen LogP contribution in [0.1, 0.15) is 0 Å². The summed E-state index contributed by atoms with van der Waals surface area (Å²) in [6.07, 6.45) is 0. The number of sulfone groups is 1. The van der Waals surface area contributed by atoms with Crippen LogP contribution in [-0.4, -0.2) is 23.4 Å². The SMILES string of the molecule is Nc1c(S(=O)(=O)c2ccc(Br)cc2)nnn1-c1ccccc1F. The van der Waals surface area contributed by atoms with Gasteiger partial charge in [-0.15, -0.1) is 5.10 Å². The zero-order valence-corrected chi connectivity index (χ0v) is 13.9. The lowest BCUT2D eigenvalue weighted by molar-refractivity contribution is 0.592. The molecule has 2 aromatic carbocycles. The Hall–Kier alpha value is -2.26. The van der Waals surface area contributed by atoms with E-state index in [9.17, 15) is 12.8 Å². The molecular formula is C14H10BrFN4O2S. The Morgan fingerprint density at radius 1 is 1.09 bits per heavy atom. The summed E-state index contributed by atoms with van der Waals surface area (Å²) in [5.41, 5.74) is 5.86. The molecular weight excluding hydrogens is 387 g/mol. The van der Waals surface area contributed by atoms with E-state index in [1.165, 1.54) is 30.3 Å². The van der Waals surface area contributed by atoms with Crippen molar-refractivity contribution in [1.29, 1.82) is 0 Å². The molecule has 2 N–H and O–H groups in total. The summed E-state index contributed by atoms with van der Waals surface area (Å²) in [5, 5.41) is 6.88. The number of nitrogens with two attached hydrogens (primary N) is 1. The molecule has 0 spiro atoms. The molecule has 0 amide bonds. The Balaban J connectivity index is 2.12. The molecule has 0 atom stereocenters. The summed E-state index contributed by atoms with van der Waals surface area (Å²) in [4.78, 5) is 0.0213. The molecule has 0 aliphatic carbocycles. The van der Waals surface area contributed by atoms with Crippen LogP contribution >= 0.6 is 15.9 Å². The van der Waals surface area contributed by atoms with Gasteiger partial charge in [0.1, 0.15) is 11.5 Å². The van der Waals surface area contributed by atoms with Crippen molar-refractivity contribution in [3.8, 4) is 5.69 Å². The highest BCUT2D eigenvalue weighted by Crippen LogP contribution is 2.27. The largest absolute Gasteiger partial charge is 0.381 e. The minimum Gasteiger partial charge on any atom is -0.381 e. The lowest BCUT2D eigenvalue weighted by Gasteiger charge is -2.05. The van der Waals surface area contributed by atoms with Gasteiger partial charge in [0.05, 0.1) is 4.90 Å². The predicted molar refractivity (Wildman–Crippen MR) is 85.3 cm³/mol. The lowest BCUT2D eigenvalue weighted by Crippen LogP contribution is -2.08. The summed E-state index contributed by atoms with van der Waals surface area (Å²) in [6, 6.07) is 11.8. The Bertz CT molecular complexity index is 971. The molecule has 3 aromatic rings. The summed E-state index contributed by atoms with van der Waals surface area (Å²) < 4.78 is 40.7. The van der Waals surface area contributed by atoms with Crippen molar-refractivity contribution in [2.75, 3.05) is 5.73 Å². The van der Waals surface area contributed by atoms with Crippen molar-refractivity contribution in [3.05, 3.63) is 58.8 Å². The highest BCUT2D eigenvalue weighted by molar-refractivity contribution is 9.10. The number of rotatable bonds is 3. The topological polar surface area (TPSA) is 90.9 Å². The highest BCUT2D eigenvalue weighted by atomic mass is 79.9. The Morgan fingerprint density at radius 2 is 1.74 bits per heavy atom. The van der Waals surface area contributed by atoms with Gasteiger partial charge in [0.15, 0.2) is 5.82 Å². The molecule has 0 aliphatic rings. The van der Waals surface area contributed by atoms with Crippen LogP contribution in [0.5, 0.6) is 0 Å². The minimum atomic E-state index is -3.95. The molecule has 0 fully saturated rings. The van der Waals surface area contributed by atoms with Crippen LogP contribution in [0.15, 0.2) is 62.9 Å². The second-order valence-electron chi connectivity index (χ2n) is 4.60. The molecule has 9 heteroatoms. The number of para-hydroxylation sites is 1. The summed E-state index contributed by atoms with van der Waals surface area (Å²) in [7, 11) is -3.95. The lowest BCUT2D eigenvalue weighted by atomic mass is 10.3. The second kappa shape index (κ2) is 5.74. The number of anilines is 1. The van der Waals surface area contributed by atoms with Crippen LogP contribution in [-0.2, 0) is 9.84 Å². The van der Waals surface area contributed by atoms with Gasteiger partial charge in [0, 0.05) is 4.47 Å². The number of aromatic nitrogens is 3. The average molecular weight is 397 g/mol. The maximum absolute atomic E-state index is 13.8. The highest BCUT2D eigenvalue weighted by Gasteiger charge is 2.27. The van der Waals surface area contributed by atoms with E-state index >= 15 is 0 Å². The van der Waals surface area contributed by atoms with Crippen LogP contribution in [0.25, 0.3) is 5.69 Å². The van der Waals surface area contributed by atoms with Gasteiger partial charge in [0.25, 0.3) is 0 Å². The normalized spacial score (nSPS) is 11.6. The van der Waals surface area contributed by atoms with Crippen molar-refractivity contribution in [3.63, 3.8) is 0 Å². The number of nitrogens with zero attached hydrogens (tertiary/aromatic N) is 3. The molecule has 0 saturated heterocycles. The zero-order chi connectivity index (χ0) is 16.6. The van der Waals surface area contributed by atoms with Crippen molar-refractivity contribution in [1.82, 2.24) is 15.0 Å². The van der Waals surface area contributed by atoms with Gasteiger partial charge in [-0.3, -0.25) is 0 Å². The zero-order valence-electron chi connectivity index (χ0n) is 11.5. The van der Waals surface area contributed by atoms with E-state index in [1.54, 1.807) is 18.2 Å². The standard InChI is InChI=1S/C14H10BrFN4O2S/c15-9-5-7-10(8-6-9)23(21,22)14-13(17)20(19-18-14)12-4-2-1-3-11(12)16/h1-8H,17H2. The first-order valence-electron chi connectivity index (χ1n) is 6.38. The Morgan fingerprint density at radius 3 is 2.39 bits per heavy atom. The molecule has 0 bridgehead atoms. The van der Waals surface area contributed by atoms with Crippen LogP contribution < -0.4 is 5.73 Å². The van der Waals surface area contributed by atoms with E-state index in [-0.39, 0.29) is 16.4 Å². The first-order valence-corrected chi connectivity index (χ1v) is 8.65. The number of hydrogen-bond donors (Lipinski definition) is 1. The van der Waals surface area contributed by atoms with Crippen molar-refractivity contribution in [2.45, 2.75) is 9.92 Å². The summed E-state index contributed by atoms with van der Waals surface area (Å²) >= 11 is 3.23. The van der Waals surface area contributed by atoms with Gasteiger partial charge in [-0.05, 0) is 36.4 Å². The van der Waals surface area contributed by atoms with E-state index in [4.69, 9.17) is 5.73 Å². The van der Waals surface area contributed by atoms with Crippen LogP contribution in [0.3, 0.4) is 0 Å². The molecule has 0 aliphatic heterocycles. The number of benzene rings is 2. The predicted octanol–water partition coefficient (Wildman–Crippen LogP) is 2.58. The molecule has 1 aromatic heterocycles. The number of hydrogen-bond acceptors (Lipinski definition) is 5. The van der Waals surface area contributed by atoms with E-state index < -0.39 is 20.7 Å². The molecule has 3 rings (SSSR count). The van der Waals surface area contributed by atoms with E-state index in [0.717, 1.165) is 9.15 Å². The third-order valence-corrected chi connectivity index (χ3v) is 5.35. The number of nitrogen functional groups attached to an aromatic ring is 1.